The van der Waals surface area contributed by atoms with Gasteiger partial charge in [0.1, 0.15) is 23.5 Å². The second-order valence-corrected chi connectivity index (χ2v) is 12.2. The summed E-state index contributed by atoms with van der Waals surface area (Å²) in [7, 11) is 0. The van der Waals surface area contributed by atoms with Crippen molar-refractivity contribution >= 4 is 28.6 Å². The number of hydrogen-bond donors (Lipinski definition) is 3. The molecule has 12 nitrogen and oxygen atoms in total. The van der Waals surface area contributed by atoms with E-state index in [1.165, 1.54) is 0 Å². The fraction of sp³-hybridized carbons (Fsp3) is 0.515. The number of amides is 3. The number of aromatic amines is 1. The van der Waals surface area contributed by atoms with Gasteiger partial charge in [-0.25, -0.2) is 14.6 Å². The van der Waals surface area contributed by atoms with Crippen LogP contribution < -0.4 is 10.6 Å². The van der Waals surface area contributed by atoms with Crippen molar-refractivity contribution in [1.82, 2.24) is 44.8 Å². The van der Waals surface area contributed by atoms with Crippen molar-refractivity contribution in [2.45, 2.75) is 91.4 Å². The first kappa shape index (κ1) is 31.9. The van der Waals surface area contributed by atoms with E-state index in [9.17, 15) is 14.4 Å². The summed E-state index contributed by atoms with van der Waals surface area (Å²) < 4.78 is 3.84. The van der Waals surface area contributed by atoms with Crippen LogP contribution in [0.15, 0.2) is 42.9 Å². The number of fused-ring (bicyclic) bond motifs is 2. The molecule has 0 fully saturated rings. The topological polar surface area (TPSA) is 143 Å². The minimum Gasteiger partial charge on any atom is -0.361 e. The SMILES string of the molecule is CCc1nccn1CCC(=O)N1CCCC(=O)N[C@H](Cc2c[nH]c3ccccc23)C(=O)N[C@@H](CC(C)C)c2nc(C)nn2CC1. The minimum absolute atomic E-state index is 0.0147. The molecule has 0 bridgehead atoms. The maximum atomic E-state index is 13.9. The van der Waals surface area contributed by atoms with Crippen molar-refractivity contribution in [3.63, 3.8) is 0 Å². The lowest BCUT2D eigenvalue weighted by Gasteiger charge is -2.27. The van der Waals surface area contributed by atoms with E-state index in [1.54, 1.807) is 6.20 Å². The zero-order valence-electron chi connectivity index (χ0n) is 26.8. The molecule has 3 amide bonds. The van der Waals surface area contributed by atoms with Crippen molar-refractivity contribution in [2.24, 2.45) is 5.92 Å². The molecule has 240 valence electrons. The van der Waals surface area contributed by atoms with Gasteiger partial charge in [0.05, 0.1) is 12.6 Å². The Hall–Kier alpha value is -4.48. The van der Waals surface area contributed by atoms with Gasteiger partial charge in [-0.3, -0.25) is 14.4 Å². The summed E-state index contributed by atoms with van der Waals surface area (Å²) in [4.78, 5) is 54.9. The molecule has 12 heteroatoms. The molecule has 0 aliphatic carbocycles. The van der Waals surface area contributed by atoms with Crippen molar-refractivity contribution in [1.29, 1.82) is 0 Å². The molecular formula is C33H45N9O3. The lowest BCUT2D eigenvalue weighted by molar-refractivity contribution is -0.132. The standard InChI is InChI=1S/C33H45N9O3/c1-5-29-34-13-16-40(29)15-12-31(44)41-14-8-11-30(43)37-28(20-24-21-35-26-10-7-6-9-25(24)26)33(45)38-27(19-22(2)3)32-36-23(4)39-42(32)18-17-41/h6-7,9-10,13,16,21-22,27-28,35H,5,8,11-12,14-15,17-20H2,1-4H3,(H,37,43)(H,38,45)/t27-,28+/m0/s1. The number of aryl methyl sites for hydroxylation is 3. The van der Waals surface area contributed by atoms with Crippen LogP contribution in [0.2, 0.25) is 0 Å². The number of carbonyl (C=O) groups excluding carboxylic acids is 3. The summed E-state index contributed by atoms with van der Waals surface area (Å²) in [6.07, 6.45) is 8.34. The van der Waals surface area contributed by atoms with E-state index in [0.29, 0.717) is 63.5 Å². The molecule has 1 aliphatic rings. The molecule has 5 rings (SSSR count). The van der Waals surface area contributed by atoms with Gasteiger partial charge in [-0.1, -0.05) is 39.0 Å². The number of nitrogens with one attached hydrogen (secondary N) is 3. The number of aromatic nitrogens is 6. The Kier molecular flexibility index (Phi) is 10.3. The fourth-order valence-corrected chi connectivity index (χ4v) is 6.10. The number of carbonyl (C=O) groups is 3. The van der Waals surface area contributed by atoms with E-state index in [-0.39, 0.29) is 30.1 Å². The first-order valence-corrected chi connectivity index (χ1v) is 16.1. The average molecular weight is 616 g/mol. The number of rotatable bonds is 8. The van der Waals surface area contributed by atoms with Crippen LogP contribution in [-0.4, -0.2) is 71.1 Å². The van der Waals surface area contributed by atoms with Crippen molar-refractivity contribution in [3.8, 4) is 0 Å². The maximum absolute atomic E-state index is 13.9. The predicted molar refractivity (Wildman–Crippen MR) is 171 cm³/mol. The molecule has 0 radical (unpaired) electrons. The van der Waals surface area contributed by atoms with Crippen molar-refractivity contribution in [2.75, 3.05) is 13.1 Å². The fourth-order valence-electron chi connectivity index (χ4n) is 6.10. The molecule has 0 saturated carbocycles. The highest BCUT2D eigenvalue weighted by molar-refractivity contribution is 5.89. The summed E-state index contributed by atoms with van der Waals surface area (Å²) in [5, 5.41) is 11.9. The molecule has 1 aromatic carbocycles. The van der Waals surface area contributed by atoms with E-state index >= 15 is 0 Å². The number of H-pyrrole nitrogens is 1. The van der Waals surface area contributed by atoms with Gasteiger partial charge in [-0.15, -0.1) is 0 Å². The average Bonchev–Trinajstić information content (AvgIpc) is 3.74. The van der Waals surface area contributed by atoms with Crippen molar-refractivity contribution < 1.29 is 14.4 Å². The monoisotopic (exact) mass is 615 g/mol. The summed E-state index contributed by atoms with van der Waals surface area (Å²) in [6, 6.07) is 6.73. The largest absolute Gasteiger partial charge is 0.361 e. The van der Waals surface area contributed by atoms with Crippen LogP contribution in [0.25, 0.3) is 10.9 Å². The summed E-state index contributed by atoms with van der Waals surface area (Å²) >= 11 is 0. The molecular weight excluding hydrogens is 570 g/mol. The van der Waals surface area contributed by atoms with Gasteiger partial charge >= 0.3 is 0 Å². The Morgan fingerprint density at radius 2 is 1.91 bits per heavy atom. The summed E-state index contributed by atoms with van der Waals surface area (Å²) in [5.41, 5.74) is 1.93. The van der Waals surface area contributed by atoms with Crippen molar-refractivity contribution in [3.05, 3.63) is 65.9 Å². The molecule has 1 aliphatic heterocycles. The third-order valence-electron chi connectivity index (χ3n) is 8.34. The number of benzene rings is 1. The molecule has 4 heterocycles. The van der Waals surface area contributed by atoms with Gasteiger partial charge in [0.15, 0.2) is 0 Å². The second kappa shape index (κ2) is 14.5. The molecule has 0 saturated heterocycles. The van der Waals surface area contributed by atoms with Gasteiger partial charge in [-0.05, 0) is 37.3 Å². The van der Waals surface area contributed by atoms with Gasteiger partial charge in [0, 0.05) is 74.8 Å². The van der Waals surface area contributed by atoms with Crippen LogP contribution in [0.5, 0.6) is 0 Å². The van der Waals surface area contributed by atoms with Gasteiger partial charge in [0.25, 0.3) is 0 Å². The highest BCUT2D eigenvalue weighted by atomic mass is 16.2. The van der Waals surface area contributed by atoms with E-state index < -0.39 is 12.1 Å². The molecule has 3 aromatic heterocycles. The third kappa shape index (κ3) is 7.98. The maximum Gasteiger partial charge on any atom is 0.243 e. The number of nitrogens with zero attached hydrogens (tertiary/aromatic N) is 6. The number of para-hydroxylation sites is 1. The first-order chi connectivity index (χ1) is 21.7. The Labute approximate surface area is 264 Å². The van der Waals surface area contributed by atoms with Crippen LogP contribution >= 0.6 is 0 Å². The lowest BCUT2D eigenvalue weighted by atomic mass is 10.0. The smallest absolute Gasteiger partial charge is 0.243 e. The molecule has 4 aromatic rings. The van der Waals surface area contributed by atoms with E-state index in [1.807, 2.05) is 64.7 Å². The minimum atomic E-state index is -0.785. The Balaban J connectivity index is 1.40. The van der Waals surface area contributed by atoms with Crippen LogP contribution in [0.1, 0.15) is 75.5 Å². The number of imidazole rings is 1. The quantitative estimate of drug-likeness (QED) is 0.277. The van der Waals surface area contributed by atoms with Crippen LogP contribution in [0, 0.1) is 12.8 Å². The molecule has 45 heavy (non-hydrogen) atoms. The van der Waals surface area contributed by atoms with E-state index in [2.05, 4.69) is 39.5 Å². The van der Waals surface area contributed by atoms with Gasteiger partial charge in [0.2, 0.25) is 17.7 Å². The zero-order chi connectivity index (χ0) is 31.9. The van der Waals surface area contributed by atoms with Crippen LogP contribution in [0.3, 0.4) is 0 Å². The highest BCUT2D eigenvalue weighted by Crippen LogP contribution is 2.23. The zero-order valence-corrected chi connectivity index (χ0v) is 26.8. The van der Waals surface area contributed by atoms with Crippen LogP contribution in [0.4, 0.5) is 0 Å². The van der Waals surface area contributed by atoms with Gasteiger partial charge in [-0.2, -0.15) is 5.10 Å². The Morgan fingerprint density at radius 3 is 2.71 bits per heavy atom. The first-order valence-electron chi connectivity index (χ1n) is 16.1. The Morgan fingerprint density at radius 1 is 1.09 bits per heavy atom. The Bertz CT molecular complexity index is 1620. The predicted octanol–water partition coefficient (Wildman–Crippen LogP) is 3.47. The lowest BCUT2D eigenvalue weighted by Crippen LogP contribution is -2.49. The summed E-state index contributed by atoms with van der Waals surface area (Å²) in [6.45, 7) is 9.91. The van der Waals surface area contributed by atoms with E-state index in [0.717, 1.165) is 28.7 Å². The summed E-state index contributed by atoms with van der Waals surface area (Å²) in [5.74, 6) is 2.00. The van der Waals surface area contributed by atoms with Gasteiger partial charge < -0.3 is 25.1 Å². The normalized spacial score (nSPS) is 18.5. The number of hydrogen-bond acceptors (Lipinski definition) is 6. The van der Waals surface area contributed by atoms with Crippen LogP contribution in [-0.2, 0) is 40.3 Å². The molecule has 0 unspecified atom stereocenters. The third-order valence-corrected chi connectivity index (χ3v) is 8.34. The highest BCUT2D eigenvalue weighted by Gasteiger charge is 2.29. The molecule has 0 spiro atoms. The van der Waals surface area contributed by atoms with E-state index in [4.69, 9.17) is 4.98 Å². The second-order valence-electron chi connectivity index (χ2n) is 12.2. The molecule has 2 atom stereocenters. The molecule has 3 N–H and O–H groups in total.